The van der Waals surface area contributed by atoms with Gasteiger partial charge in [-0.05, 0) is 26.2 Å². The van der Waals surface area contributed by atoms with E-state index in [9.17, 15) is 0 Å². The SMILES string of the molecule is CCOCc1nc(NC)cc(NC2CCN(C3CC3)C2)n1. The highest BCUT2D eigenvalue weighted by Crippen LogP contribution is 2.30. The number of anilines is 2. The minimum atomic E-state index is 0.458. The summed E-state index contributed by atoms with van der Waals surface area (Å²) in [5.74, 6) is 2.45. The lowest BCUT2D eigenvalue weighted by Crippen LogP contribution is -2.28. The lowest BCUT2D eigenvalue weighted by atomic mass is 10.2. The molecule has 0 radical (unpaired) electrons. The number of aromatic nitrogens is 2. The normalized spacial score (nSPS) is 22.5. The van der Waals surface area contributed by atoms with Crippen molar-refractivity contribution in [2.24, 2.45) is 0 Å². The standard InChI is InChI=1S/C15H25N5O/c1-3-21-10-15-18-13(16-2)8-14(19-15)17-11-6-7-20(9-11)12-4-5-12/h8,11-12H,3-7,9-10H2,1-2H3,(H2,16,17,18,19). The van der Waals surface area contributed by atoms with Crippen LogP contribution in [0, 0.1) is 0 Å². The maximum atomic E-state index is 5.41. The van der Waals surface area contributed by atoms with Gasteiger partial charge in [-0.15, -0.1) is 0 Å². The molecule has 2 aliphatic rings. The lowest BCUT2D eigenvalue weighted by Gasteiger charge is -2.17. The van der Waals surface area contributed by atoms with Crippen LogP contribution in [0.4, 0.5) is 11.6 Å². The van der Waals surface area contributed by atoms with E-state index < -0.39 is 0 Å². The predicted molar refractivity (Wildman–Crippen MR) is 83.5 cm³/mol. The average molecular weight is 291 g/mol. The van der Waals surface area contributed by atoms with Crippen LogP contribution in [0.2, 0.25) is 0 Å². The van der Waals surface area contributed by atoms with E-state index in [-0.39, 0.29) is 0 Å². The number of nitrogens with one attached hydrogen (secondary N) is 2. The van der Waals surface area contributed by atoms with Gasteiger partial charge < -0.3 is 15.4 Å². The number of ether oxygens (including phenoxy) is 1. The third-order valence-corrected chi connectivity index (χ3v) is 4.10. The van der Waals surface area contributed by atoms with Crippen molar-refractivity contribution in [1.29, 1.82) is 0 Å². The molecule has 1 atom stereocenters. The molecule has 1 aliphatic carbocycles. The maximum absolute atomic E-state index is 5.41. The highest BCUT2D eigenvalue weighted by Gasteiger charge is 2.34. The second-order valence-electron chi connectivity index (χ2n) is 5.80. The van der Waals surface area contributed by atoms with Crippen LogP contribution < -0.4 is 10.6 Å². The zero-order chi connectivity index (χ0) is 14.7. The van der Waals surface area contributed by atoms with Gasteiger partial charge in [-0.3, -0.25) is 4.90 Å². The Labute approximate surface area is 126 Å². The Balaban J connectivity index is 1.63. The Bertz CT molecular complexity index is 477. The molecule has 1 unspecified atom stereocenters. The second kappa shape index (κ2) is 6.58. The summed E-state index contributed by atoms with van der Waals surface area (Å²) in [4.78, 5) is 11.6. The molecule has 6 nitrogen and oxygen atoms in total. The van der Waals surface area contributed by atoms with Gasteiger partial charge in [0.2, 0.25) is 0 Å². The van der Waals surface area contributed by atoms with Crippen molar-refractivity contribution in [3.63, 3.8) is 0 Å². The topological polar surface area (TPSA) is 62.3 Å². The van der Waals surface area contributed by atoms with E-state index in [1.54, 1.807) is 0 Å². The van der Waals surface area contributed by atoms with E-state index in [1.165, 1.54) is 25.8 Å². The Morgan fingerprint density at radius 2 is 2.10 bits per heavy atom. The quantitative estimate of drug-likeness (QED) is 0.797. The van der Waals surface area contributed by atoms with E-state index in [4.69, 9.17) is 4.74 Å². The highest BCUT2D eigenvalue weighted by atomic mass is 16.5. The number of rotatable bonds is 7. The molecule has 1 aliphatic heterocycles. The summed E-state index contributed by atoms with van der Waals surface area (Å²) in [5, 5.41) is 6.65. The third kappa shape index (κ3) is 3.83. The first-order valence-electron chi connectivity index (χ1n) is 7.92. The number of hydrogen-bond donors (Lipinski definition) is 2. The Morgan fingerprint density at radius 3 is 2.81 bits per heavy atom. The fraction of sp³-hybridized carbons (Fsp3) is 0.733. The molecule has 0 aromatic carbocycles. The molecular formula is C15H25N5O. The van der Waals surface area contributed by atoms with Crippen LogP contribution in [0.1, 0.15) is 32.0 Å². The molecule has 2 fully saturated rings. The Hall–Kier alpha value is -1.40. The van der Waals surface area contributed by atoms with Gasteiger partial charge in [0.25, 0.3) is 0 Å². The third-order valence-electron chi connectivity index (χ3n) is 4.10. The van der Waals surface area contributed by atoms with Gasteiger partial charge in [0.05, 0.1) is 0 Å². The summed E-state index contributed by atoms with van der Waals surface area (Å²) in [6, 6.07) is 3.31. The van der Waals surface area contributed by atoms with Crippen molar-refractivity contribution < 1.29 is 4.74 Å². The van der Waals surface area contributed by atoms with E-state index in [1.807, 2.05) is 20.0 Å². The monoisotopic (exact) mass is 291 g/mol. The molecule has 0 amide bonds. The van der Waals surface area contributed by atoms with E-state index in [2.05, 4.69) is 25.5 Å². The molecule has 6 heteroatoms. The van der Waals surface area contributed by atoms with Gasteiger partial charge in [-0.1, -0.05) is 0 Å². The van der Waals surface area contributed by atoms with Crippen molar-refractivity contribution in [3.05, 3.63) is 11.9 Å². The van der Waals surface area contributed by atoms with Gasteiger partial charge in [0, 0.05) is 44.9 Å². The minimum Gasteiger partial charge on any atom is -0.374 e. The fourth-order valence-corrected chi connectivity index (χ4v) is 2.84. The summed E-state index contributed by atoms with van der Waals surface area (Å²) < 4.78 is 5.41. The molecule has 0 spiro atoms. The zero-order valence-electron chi connectivity index (χ0n) is 12.9. The van der Waals surface area contributed by atoms with E-state index in [0.717, 1.165) is 30.0 Å². The lowest BCUT2D eigenvalue weighted by molar-refractivity contribution is 0.128. The zero-order valence-corrected chi connectivity index (χ0v) is 12.9. The second-order valence-corrected chi connectivity index (χ2v) is 5.80. The molecule has 3 rings (SSSR count). The van der Waals surface area contributed by atoms with Gasteiger partial charge in [0.1, 0.15) is 18.2 Å². The molecule has 2 heterocycles. The van der Waals surface area contributed by atoms with Gasteiger partial charge in [-0.25, -0.2) is 9.97 Å². The molecule has 2 N–H and O–H groups in total. The summed E-state index contributed by atoms with van der Waals surface area (Å²) in [6.07, 6.45) is 3.95. The average Bonchev–Trinajstić information content (AvgIpc) is 3.25. The first-order chi connectivity index (χ1) is 10.3. The highest BCUT2D eigenvalue weighted by molar-refractivity contribution is 5.47. The first-order valence-corrected chi connectivity index (χ1v) is 7.92. The summed E-state index contributed by atoms with van der Waals surface area (Å²) >= 11 is 0. The Morgan fingerprint density at radius 1 is 1.29 bits per heavy atom. The van der Waals surface area contributed by atoms with E-state index >= 15 is 0 Å². The van der Waals surface area contributed by atoms with Crippen molar-refractivity contribution >= 4 is 11.6 Å². The smallest absolute Gasteiger partial charge is 0.158 e. The fourth-order valence-electron chi connectivity index (χ4n) is 2.84. The minimum absolute atomic E-state index is 0.458. The van der Waals surface area contributed by atoms with Crippen LogP contribution in [-0.2, 0) is 11.3 Å². The van der Waals surface area contributed by atoms with Gasteiger partial charge in [-0.2, -0.15) is 0 Å². The van der Waals surface area contributed by atoms with Gasteiger partial charge in [0.15, 0.2) is 5.82 Å². The maximum Gasteiger partial charge on any atom is 0.158 e. The summed E-state index contributed by atoms with van der Waals surface area (Å²) in [6.45, 7) is 5.45. The number of likely N-dealkylation sites (tertiary alicyclic amines) is 1. The molecule has 116 valence electrons. The predicted octanol–water partition coefficient (Wildman–Crippen LogP) is 1.70. The molecule has 21 heavy (non-hydrogen) atoms. The molecule has 1 saturated heterocycles. The molecule has 1 saturated carbocycles. The van der Waals surface area contributed by atoms with Crippen LogP contribution in [0.15, 0.2) is 6.07 Å². The number of nitrogens with zero attached hydrogens (tertiary/aromatic N) is 3. The van der Waals surface area contributed by atoms with Crippen molar-refractivity contribution in [3.8, 4) is 0 Å². The summed E-state index contributed by atoms with van der Waals surface area (Å²) in [5.41, 5.74) is 0. The molecule has 1 aromatic rings. The van der Waals surface area contributed by atoms with Crippen LogP contribution >= 0.6 is 0 Å². The van der Waals surface area contributed by atoms with E-state index in [0.29, 0.717) is 19.3 Å². The largest absolute Gasteiger partial charge is 0.374 e. The number of hydrogen-bond acceptors (Lipinski definition) is 6. The summed E-state index contributed by atoms with van der Waals surface area (Å²) in [7, 11) is 1.88. The van der Waals surface area contributed by atoms with Crippen LogP contribution in [0.25, 0.3) is 0 Å². The molecular weight excluding hydrogens is 266 g/mol. The van der Waals surface area contributed by atoms with Crippen molar-refractivity contribution in [2.45, 2.75) is 44.9 Å². The van der Waals surface area contributed by atoms with Crippen LogP contribution in [0.5, 0.6) is 0 Å². The Kier molecular flexibility index (Phi) is 4.55. The van der Waals surface area contributed by atoms with Crippen molar-refractivity contribution in [1.82, 2.24) is 14.9 Å². The molecule has 0 bridgehead atoms. The van der Waals surface area contributed by atoms with Crippen molar-refractivity contribution in [2.75, 3.05) is 37.4 Å². The first kappa shape index (κ1) is 14.5. The molecule has 1 aromatic heterocycles. The van der Waals surface area contributed by atoms with Gasteiger partial charge >= 0.3 is 0 Å². The van der Waals surface area contributed by atoms with Crippen LogP contribution in [0.3, 0.4) is 0 Å². The van der Waals surface area contributed by atoms with Crippen LogP contribution in [-0.4, -0.2) is 53.7 Å².